The summed E-state index contributed by atoms with van der Waals surface area (Å²) in [5.74, 6) is -0.689. The van der Waals surface area contributed by atoms with Gasteiger partial charge in [-0.25, -0.2) is 13.1 Å². The zero-order valence-corrected chi connectivity index (χ0v) is 19.0. The fraction of sp³-hybridized carbons (Fsp3) is 0.160. The van der Waals surface area contributed by atoms with E-state index in [1.807, 2.05) is 42.7 Å². The smallest absolute Gasteiger partial charge is 0.281 e. The number of para-hydroxylation sites is 1. The van der Waals surface area contributed by atoms with E-state index in [9.17, 15) is 13.2 Å². The molecule has 0 spiro atoms. The highest BCUT2D eigenvalue weighted by Gasteiger charge is 2.23. The molecule has 0 atom stereocenters. The van der Waals surface area contributed by atoms with Crippen molar-refractivity contribution in [3.05, 3.63) is 94.7 Å². The predicted molar refractivity (Wildman–Crippen MR) is 127 cm³/mol. The number of rotatable bonds is 5. The number of carbonyl (C=O) groups excluding carboxylic acids is 1. The molecule has 0 saturated heterocycles. The zero-order valence-electron chi connectivity index (χ0n) is 18.2. The molecule has 0 saturated carbocycles. The third-order valence-electron chi connectivity index (χ3n) is 5.60. The van der Waals surface area contributed by atoms with Gasteiger partial charge < -0.3 is 10.3 Å². The van der Waals surface area contributed by atoms with E-state index in [0.29, 0.717) is 12.2 Å². The van der Waals surface area contributed by atoms with E-state index >= 15 is 0 Å². The molecular weight excluding hydrogens is 422 g/mol. The largest absolute Gasteiger partial charge is 0.399 e. The third-order valence-corrected chi connectivity index (χ3v) is 6.92. The molecule has 3 aromatic carbocycles. The Balaban J connectivity index is 1.77. The lowest BCUT2D eigenvalue weighted by Gasteiger charge is -2.16. The molecule has 164 valence electrons. The zero-order chi connectivity index (χ0) is 23.0. The van der Waals surface area contributed by atoms with E-state index in [1.165, 1.54) is 23.8 Å². The first-order chi connectivity index (χ1) is 15.2. The number of nitrogens with one attached hydrogen (secondary N) is 1. The Bertz CT molecular complexity index is 1430. The number of nitrogens with zero attached hydrogens (tertiary/aromatic N) is 1. The van der Waals surface area contributed by atoms with Gasteiger partial charge in [-0.15, -0.1) is 0 Å². The molecule has 0 bridgehead atoms. The van der Waals surface area contributed by atoms with Crippen LogP contribution >= 0.6 is 0 Å². The summed E-state index contributed by atoms with van der Waals surface area (Å²) in [6.45, 7) is 6.59. The second-order valence-corrected chi connectivity index (χ2v) is 9.74. The van der Waals surface area contributed by atoms with Crippen molar-refractivity contribution in [1.29, 1.82) is 0 Å². The fourth-order valence-corrected chi connectivity index (χ4v) is 5.12. The van der Waals surface area contributed by atoms with E-state index in [-0.39, 0.29) is 10.6 Å². The molecule has 1 aromatic heterocycles. The molecule has 3 N–H and O–H groups in total. The number of anilines is 1. The van der Waals surface area contributed by atoms with Crippen LogP contribution in [0.5, 0.6) is 0 Å². The Morgan fingerprint density at radius 2 is 1.62 bits per heavy atom. The Morgan fingerprint density at radius 3 is 2.31 bits per heavy atom. The number of aromatic nitrogens is 1. The number of fused-ring (bicyclic) bond motifs is 1. The quantitative estimate of drug-likeness (QED) is 0.446. The SMILES string of the molecule is Cc1cc(C)c(Cn2c(C(=O)NS(=O)(=O)c3cccc(N)c3)cc3ccccc32)c(C)c1. The second-order valence-electron chi connectivity index (χ2n) is 8.06. The number of nitrogen functional groups attached to an aromatic ring is 1. The number of amides is 1. The van der Waals surface area contributed by atoms with E-state index in [4.69, 9.17) is 5.73 Å². The highest BCUT2D eigenvalue weighted by molar-refractivity contribution is 7.90. The Kier molecular flexibility index (Phi) is 5.52. The highest BCUT2D eigenvalue weighted by Crippen LogP contribution is 2.25. The topological polar surface area (TPSA) is 94.2 Å². The summed E-state index contributed by atoms with van der Waals surface area (Å²) in [4.78, 5) is 13.1. The normalized spacial score (nSPS) is 11.6. The van der Waals surface area contributed by atoms with Crippen molar-refractivity contribution < 1.29 is 13.2 Å². The van der Waals surface area contributed by atoms with Crippen molar-refractivity contribution in [2.75, 3.05) is 5.73 Å². The van der Waals surface area contributed by atoms with Gasteiger partial charge in [-0.1, -0.05) is 42.0 Å². The van der Waals surface area contributed by atoms with Crippen LogP contribution in [0, 0.1) is 20.8 Å². The van der Waals surface area contributed by atoms with Crippen LogP contribution in [-0.2, 0) is 16.6 Å². The van der Waals surface area contributed by atoms with Gasteiger partial charge in [-0.3, -0.25) is 4.79 Å². The minimum atomic E-state index is -4.07. The van der Waals surface area contributed by atoms with Gasteiger partial charge in [0.15, 0.2) is 0 Å². The average molecular weight is 448 g/mol. The number of carbonyl (C=O) groups is 1. The van der Waals surface area contributed by atoms with Crippen LogP contribution in [0.4, 0.5) is 5.69 Å². The molecular formula is C25H25N3O3S. The second kappa shape index (κ2) is 8.16. The van der Waals surface area contributed by atoms with E-state index in [1.54, 1.807) is 12.1 Å². The lowest BCUT2D eigenvalue weighted by atomic mass is 9.99. The Morgan fingerprint density at radius 1 is 0.938 bits per heavy atom. The van der Waals surface area contributed by atoms with Gasteiger partial charge in [0.1, 0.15) is 5.69 Å². The van der Waals surface area contributed by atoms with Crippen molar-refractivity contribution in [3.63, 3.8) is 0 Å². The van der Waals surface area contributed by atoms with Gasteiger partial charge in [0.2, 0.25) is 0 Å². The van der Waals surface area contributed by atoms with Crippen molar-refractivity contribution >= 4 is 32.5 Å². The Labute approximate surface area is 187 Å². The molecule has 0 aliphatic rings. The molecule has 0 radical (unpaired) electrons. The van der Waals surface area contributed by atoms with Gasteiger partial charge in [0, 0.05) is 23.1 Å². The lowest BCUT2D eigenvalue weighted by Crippen LogP contribution is -2.32. The molecule has 6 nitrogen and oxygen atoms in total. The van der Waals surface area contributed by atoms with Crippen molar-refractivity contribution in [2.24, 2.45) is 0 Å². The minimum Gasteiger partial charge on any atom is -0.399 e. The number of nitrogens with two attached hydrogens (primary N) is 1. The molecule has 32 heavy (non-hydrogen) atoms. The maximum atomic E-state index is 13.2. The van der Waals surface area contributed by atoms with Crippen LogP contribution in [-0.4, -0.2) is 18.9 Å². The van der Waals surface area contributed by atoms with Crippen LogP contribution in [0.15, 0.2) is 71.6 Å². The molecule has 0 unspecified atom stereocenters. The molecule has 1 heterocycles. The molecule has 4 aromatic rings. The minimum absolute atomic E-state index is 0.0567. The van der Waals surface area contributed by atoms with E-state index in [2.05, 4.69) is 23.8 Å². The van der Waals surface area contributed by atoms with Crippen LogP contribution in [0.2, 0.25) is 0 Å². The number of hydrogen-bond acceptors (Lipinski definition) is 4. The van der Waals surface area contributed by atoms with Gasteiger partial charge in [0.25, 0.3) is 15.9 Å². The molecule has 7 heteroatoms. The standard InChI is InChI=1S/C25H25N3O3S/c1-16-11-17(2)22(18(3)12-16)15-28-23-10-5-4-7-19(23)13-24(28)25(29)27-32(30,31)21-9-6-8-20(26)14-21/h4-14H,15,26H2,1-3H3,(H,27,29). The van der Waals surface area contributed by atoms with Gasteiger partial charge >= 0.3 is 0 Å². The van der Waals surface area contributed by atoms with Crippen molar-refractivity contribution in [2.45, 2.75) is 32.2 Å². The number of benzene rings is 3. The highest BCUT2D eigenvalue weighted by atomic mass is 32.2. The summed E-state index contributed by atoms with van der Waals surface area (Å²) >= 11 is 0. The van der Waals surface area contributed by atoms with Crippen LogP contribution in [0.1, 0.15) is 32.7 Å². The van der Waals surface area contributed by atoms with Gasteiger partial charge in [0.05, 0.1) is 4.90 Å². The maximum absolute atomic E-state index is 13.2. The maximum Gasteiger partial charge on any atom is 0.281 e. The summed E-state index contributed by atoms with van der Waals surface area (Å²) in [6.07, 6.45) is 0. The first kappa shape index (κ1) is 21.6. The summed E-state index contributed by atoms with van der Waals surface area (Å²) in [5.41, 5.74) is 11.7. The third kappa shape index (κ3) is 4.11. The van der Waals surface area contributed by atoms with Crippen LogP contribution in [0.3, 0.4) is 0 Å². The summed E-state index contributed by atoms with van der Waals surface area (Å²) in [5, 5.41) is 0.862. The van der Waals surface area contributed by atoms with E-state index in [0.717, 1.165) is 27.6 Å². The molecule has 0 aliphatic carbocycles. The molecule has 4 rings (SSSR count). The Hall–Kier alpha value is -3.58. The van der Waals surface area contributed by atoms with Crippen LogP contribution in [0.25, 0.3) is 10.9 Å². The number of aryl methyl sites for hydroxylation is 3. The first-order valence-corrected chi connectivity index (χ1v) is 11.7. The first-order valence-electron chi connectivity index (χ1n) is 10.2. The predicted octanol–water partition coefficient (Wildman–Crippen LogP) is 4.32. The number of sulfonamides is 1. The van der Waals surface area contributed by atoms with Crippen molar-refractivity contribution in [1.82, 2.24) is 9.29 Å². The van der Waals surface area contributed by atoms with Crippen LogP contribution < -0.4 is 10.5 Å². The molecule has 0 aliphatic heterocycles. The van der Waals surface area contributed by atoms with Gasteiger partial charge in [-0.05, 0) is 67.8 Å². The molecule has 1 amide bonds. The molecule has 0 fully saturated rings. The van der Waals surface area contributed by atoms with Gasteiger partial charge in [-0.2, -0.15) is 0 Å². The fourth-order valence-electron chi connectivity index (χ4n) is 4.10. The van der Waals surface area contributed by atoms with E-state index < -0.39 is 15.9 Å². The summed E-state index contributed by atoms with van der Waals surface area (Å²) in [6, 6.07) is 19.4. The summed E-state index contributed by atoms with van der Waals surface area (Å²) in [7, 11) is -4.07. The van der Waals surface area contributed by atoms with Crippen molar-refractivity contribution in [3.8, 4) is 0 Å². The average Bonchev–Trinajstić information content (AvgIpc) is 3.09. The monoisotopic (exact) mass is 447 g/mol. The number of hydrogen-bond donors (Lipinski definition) is 2. The lowest BCUT2D eigenvalue weighted by molar-refractivity contribution is 0.0973. The summed E-state index contributed by atoms with van der Waals surface area (Å²) < 4.78 is 29.7.